The Morgan fingerprint density at radius 3 is 2.79 bits per heavy atom. The Balaban J connectivity index is 2.09. The van der Waals surface area contributed by atoms with E-state index in [0.717, 1.165) is 11.1 Å². The Hall–Kier alpha value is -0.910. The predicted molar refractivity (Wildman–Crippen MR) is 75.4 cm³/mol. The average molecular weight is 283 g/mol. The summed E-state index contributed by atoms with van der Waals surface area (Å²) >= 11 is 0. The summed E-state index contributed by atoms with van der Waals surface area (Å²) in [5, 5.41) is 10.7. The van der Waals surface area contributed by atoms with Crippen LogP contribution in [0.5, 0.6) is 0 Å². The molecule has 19 heavy (non-hydrogen) atoms. The highest BCUT2D eigenvalue weighted by Crippen LogP contribution is 2.44. The number of rotatable bonds is 5. The summed E-state index contributed by atoms with van der Waals surface area (Å²) in [5.74, 6) is 0.282. The largest absolute Gasteiger partial charge is 0.385 e. The van der Waals surface area contributed by atoms with Crippen molar-refractivity contribution < 1.29 is 13.5 Å². The van der Waals surface area contributed by atoms with E-state index in [4.69, 9.17) is 5.73 Å². The minimum absolute atomic E-state index is 0.128. The molecule has 2 atom stereocenters. The fraction of sp³-hybridized carbons (Fsp3) is 0.571. The molecule has 0 saturated carbocycles. The van der Waals surface area contributed by atoms with E-state index < -0.39 is 15.4 Å². The quantitative estimate of drug-likeness (QED) is 0.858. The second-order valence-electron chi connectivity index (χ2n) is 5.27. The molecule has 3 N–H and O–H groups in total. The summed E-state index contributed by atoms with van der Waals surface area (Å²) in [6.07, 6.45) is 1.38. The van der Waals surface area contributed by atoms with Gasteiger partial charge < -0.3 is 10.8 Å². The van der Waals surface area contributed by atoms with Crippen LogP contribution in [-0.4, -0.2) is 25.0 Å². The van der Waals surface area contributed by atoms with Crippen LogP contribution in [0.25, 0.3) is 0 Å². The number of benzene rings is 1. The van der Waals surface area contributed by atoms with Crippen molar-refractivity contribution in [1.82, 2.24) is 0 Å². The monoisotopic (exact) mass is 283 g/mol. The van der Waals surface area contributed by atoms with Crippen molar-refractivity contribution in [3.05, 3.63) is 35.4 Å². The van der Waals surface area contributed by atoms with Crippen LogP contribution in [0.2, 0.25) is 0 Å². The lowest BCUT2D eigenvalue weighted by Crippen LogP contribution is -2.24. The van der Waals surface area contributed by atoms with E-state index in [1.807, 2.05) is 24.3 Å². The van der Waals surface area contributed by atoms with Gasteiger partial charge in [0.15, 0.2) is 0 Å². The molecule has 1 aliphatic rings. The summed E-state index contributed by atoms with van der Waals surface area (Å²) in [4.78, 5) is 0. The number of hydrogen-bond donors (Lipinski definition) is 2. The fourth-order valence-electron chi connectivity index (χ4n) is 2.79. The third kappa shape index (κ3) is 2.99. The van der Waals surface area contributed by atoms with Crippen molar-refractivity contribution in [2.75, 3.05) is 11.5 Å². The van der Waals surface area contributed by atoms with E-state index in [1.165, 1.54) is 0 Å². The van der Waals surface area contributed by atoms with Crippen LogP contribution in [0.15, 0.2) is 24.3 Å². The minimum Gasteiger partial charge on any atom is -0.385 e. The van der Waals surface area contributed by atoms with Gasteiger partial charge in [-0.05, 0) is 30.4 Å². The maximum absolute atomic E-state index is 11.5. The zero-order chi connectivity index (χ0) is 14.1. The highest BCUT2D eigenvalue weighted by molar-refractivity contribution is 7.91. The normalized spacial score (nSPS) is 26.4. The van der Waals surface area contributed by atoms with Gasteiger partial charge in [-0.25, -0.2) is 8.42 Å². The lowest BCUT2D eigenvalue weighted by atomic mass is 9.91. The van der Waals surface area contributed by atoms with Gasteiger partial charge in [0.05, 0.1) is 11.4 Å². The maximum atomic E-state index is 11.5. The Morgan fingerprint density at radius 2 is 2.11 bits per heavy atom. The molecule has 0 aromatic heterocycles. The van der Waals surface area contributed by atoms with Gasteiger partial charge in [-0.15, -0.1) is 0 Å². The topological polar surface area (TPSA) is 80.4 Å². The molecule has 2 rings (SSSR count). The van der Waals surface area contributed by atoms with Gasteiger partial charge in [0.25, 0.3) is 0 Å². The summed E-state index contributed by atoms with van der Waals surface area (Å²) in [7, 11) is -2.97. The van der Waals surface area contributed by atoms with Crippen molar-refractivity contribution in [2.24, 2.45) is 5.73 Å². The molecule has 0 bridgehead atoms. The first-order valence-electron chi connectivity index (χ1n) is 6.66. The van der Waals surface area contributed by atoms with E-state index in [1.54, 1.807) is 6.92 Å². The molecule has 1 aliphatic carbocycles. The second-order valence-corrected chi connectivity index (χ2v) is 7.74. The maximum Gasteiger partial charge on any atom is 0.150 e. The van der Waals surface area contributed by atoms with Gasteiger partial charge in [0, 0.05) is 11.8 Å². The van der Waals surface area contributed by atoms with Gasteiger partial charge in [0.2, 0.25) is 0 Å². The zero-order valence-electron chi connectivity index (χ0n) is 11.2. The molecule has 0 amide bonds. The molecule has 0 heterocycles. The van der Waals surface area contributed by atoms with Crippen molar-refractivity contribution in [3.63, 3.8) is 0 Å². The van der Waals surface area contributed by atoms with E-state index in [-0.39, 0.29) is 17.5 Å². The molecule has 0 spiro atoms. The van der Waals surface area contributed by atoms with Crippen LogP contribution >= 0.6 is 0 Å². The highest BCUT2D eigenvalue weighted by Gasteiger charge is 2.40. The summed E-state index contributed by atoms with van der Waals surface area (Å²) < 4.78 is 23.0. The predicted octanol–water partition coefficient (Wildman–Crippen LogP) is 1.49. The lowest BCUT2D eigenvalue weighted by Gasteiger charge is -2.24. The Morgan fingerprint density at radius 1 is 1.42 bits per heavy atom. The number of fused-ring (bicyclic) bond motifs is 1. The minimum atomic E-state index is -2.97. The highest BCUT2D eigenvalue weighted by atomic mass is 32.2. The van der Waals surface area contributed by atoms with Crippen LogP contribution in [0.1, 0.15) is 43.4 Å². The molecule has 0 aliphatic heterocycles. The van der Waals surface area contributed by atoms with E-state index in [2.05, 4.69) is 0 Å². The molecule has 0 saturated heterocycles. The van der Waals surface area contributed by atoms with Gasteiger partial charge in [0.1, 0.15) is 9.84 Å². The summed E-state index contributed by atoms with van der Waals surface area (Å²) in [6, 6.07) is 7.44. The van der Waals surface area contributed by atoms with Crippen LogP contribution in [0.3, 0.4) is 0 Å². The average Bonchev–Trinajstić information content (AvgIpc) is 2.62. The third-order valence-electron chi connectivity index (χ3n) is 3.90. The molecule has 0 fully saturated rings. The summed E-state index contributed by atoms with van der Waals surface area (Å²) in [6.45, 7) is 1.64. The van der Waals surface area contributed by atoms with E-state index in [0.29, 0.717) is 19.3 Å². The molecule has 1 aromatic carbocycles. The molecular formula is C14H21NO3S. The van der Waals surface area contributed by atoms with Gasteiger partial charge in [-0.1, -0.05) is 31.2 Å². The Labute approximate surface area is 114 Å². The Kier molecular flexibility index (Phi) is 3.99. The fourth-order valence-corrected chi connectivity index (χ4v) is 3.67. The Bertz CT molecular complexity index is 556. The third-order valence-corrected chi connectivity index (χ3v) is 5.70. The lowest BCUT2D eigenvalue weighted by molar-refractivity contribution is 0.0243. The number of nitrogens with two attached hydrogens (primary N) is 1. The van der Waals surface area contributed by atoms with E-state index >= 15 is 0 Å². The standard InChI is InChI=1S/C14H21NO3S/c1-2-19(17,18)9-5-8-14(16)10-13(15)11-6-3-4-7-12(11)14/h3-4,6-7,13,16H,2,5,8-10,15H2,1H3. The molecule has 5 heteroatoms. The van der Waals surface area contributed by atoms with E-state index in [9.17, 15) is 13.5 Å². The molecule has 106 valence electrons. The smallest absolute Gasteiger partial charge is 0.150 e. The first-order chi connectivity index (χ1) is 8.88. The number of hydrogen-bond acceptors (Lipinski definition) is 4. The molecular weight excluding hydrogens is 262 g/mol. The van der Waals surface area contributed by atoms with Crippen LogP contribution in [0, 0.1) is 0 Å². The van der Waals surface area contributed by atoms with Gasteiger partial charge >= 0.3 is 0 Å². The van der Waals surface area contributed by atoms with Crippen molar-refractivity contribution >= 4 is 9.84 Å². The number of aliphatic hydroxyl groups is 1. The SMILES string of the molecule is CCS(=O)(=O)CCCC1(O)CC(N)c2ccccc21. The van der Waals surface area contributed by atoms with Crippen molar-refractivity contribution in [2.45, 2.75) is 37.8 Å². The first-order valence-corrected chi connectivity index (χ1v) is 8.48. The van der Waals surface area contributed by atoms with Crippen molar-refractivity contribution in [1.29, 1.82) is 0 Å². The van der Waals surface area contributed by atoms with Crippen molar-refractivity contribution in [3.8, 4) is 0 Å². The first kappa shape index (κ1) is 14.5. The second kappa shape index (κ2) is 5.23. The molecule has 4 nitrogen and oxygen atoms in total. The van der Waals surface area contributed by atoms with Crippen LogP contribution in [0.4, 0.5) is 0 Å². The molecule has 2 unspecified atom stereocenters. The number of sulfone groups is 1. The van der Waals surface area contributed by atoms with Crippen LogP contribution < -0.4 is 5.73 Å². The van der Waals surface area contributed by atoms with Gasteiger partial charge in [-0.2, -0.15) is 0 Å². The molecule has 1 aromatic rings. The molecule has 0 radical (unpaired) electrons. The zero-order valence-corrected chi connectivity index (χ0v) is 12.0. The van der Waals surface area contributed by atoms with Gasteiger partial charge in [-0.3, -0.25) is 0 Å². The van der Waals surface area contributed by atoms with Crippen LogP contribution in [-0.2, 0) is 15.4 Å². The summed E-state index contributed by atoms with van der Waals surface area (Å²) in [5.41, 5.74) is 6.89.